The molecule has 0 radical (unpaired) electrons. The summed E-state index contributed by atoms with van der Waals surface area (Å²) >= 11 is 1.19. The Labute approximate surface area is 179 Å². The Hall–Kier alpha value is -2.24. The van der Waals surface area contributed by atoms with Crippen molar-refractivity contribution in [2.45, 2.75) is 56.1 Å². The Kier molecular flexibility index (Phi) is 6.63. The molecule has 0 saturated carbocycles. The maximum absolute atomic E-state index is 12.5. The number of hydrogen-bond acceptors (Lipinski definition) is 7. The van der Waals surface area contributed by atoms with Crippen LogP contribution >= 0.6 is 11.8 Å². The number of carbonyl (C=O) groups excluding carboxylic acids is 1. The van der Waals surface area contributed by atoms with E-state index in [1.807, 2.05) is 27.7 Å². The lowest BCUT2D eigenvalue weighted by Gasteiger charge is -2.20. The number of benzene rings is 1. The molecule has 30 heavy (non-hydrogen) atoms. The van der Waals surface area contributed by atoms with Crippen molar-refractivity contribution in [1.82, 2.24) is 30.2 Å². The topological polar surface area (TPSA) is 130 Å². The monoisotopic (exact) mass is 450 g/mol. The van der Waals surface area contributed by atoms with E-state index in [-0.39, 0.29) is 22.1 Å². The maximum Gasteiger partial charge on any atom is 0.240 e. The number of fused-ring (bicyclic) bond motifs is 3. The van der Waals surface area contributed by atoms with Crippen molar-refractivity contribution in [3.63, 3.8) is 0 Å². The molecule has 0 aliphatic rings. The standard InChI is InChI=1S/C19H26N6O3S2/c1-5-6-9-20-30(27,28)12-7-8-14-13(10-12)16-17(21-14)22-18(25-24-16)29-11-15(26)23-19(2,3)4/h7-8,10,20H,5-6,9,11H2,1-4H3,(H,23,26)(H,21,22,25). The number of unbranched alkanes of at least 4 members (excludes halogenated alkanes) is 1. The molecule has 0 aliphatic heterocycles. The summed E-state index contributed by atoms with van der Waals surface area (Å²) in [7, 11) is -3.59. The van der Waals surface area contributed by atoms with Crippen LogP contribution in [0.3, 0.4) is 0 Å². The van der Waals surface area contributed by atoms with E-state index in [4.69, 9.17) is 0 Å². The van der Waals surface area contributed by atoms with Crippen molar-refractivity contribution in [3.05, 3.63) is 18.2 Å². The first-order valence-electron chi connectivity index (χ1n) is 9.69. The quantitative estimate of drug-likeness (QED) is 0.355. The lowest BCUT2D eigenvalue weighted by Crippen LogP contribution is -2.41. The molecule has 0 saturated heterocycles. The van der Waals surface area contributed by atoms with Crippen LogP contribution in [-0.4, -0.2) is 52.3 Å². The zero-order chi connectivity index (χ0) is 21.9. The summed E-state index contributed by atoms with van der Waals surface area (Å²) in [6.07, 6.45) is 1.68. The first kappa shape index (κ1) is 22.4. The number of aromatic amines is 1. The molecule has 11 heteroatoms. The number of H-pyrrole nitrogens is 1. The number of aromatic nitrogens is 4. The van der Waals surface area contributed by atoms with Crippen molar-refractivity contribution < 1.29 is 13.2 Å². The molecule has 3 rings (SSSR count). The fourth-order valence-corrected chi connectivity index (χ4v) is 4.50. The smallest absolute Gasteiger partial charge is 0.240 e. The summed E-state index contributed by atoms with van der Waals surface area (Å²) in [5.74, 6) is 0.0644. The van der Waals surface area contributed by atoms with Gasteiger partial charge in [0.2, 0.25) is 21.1 Å². The predicted octanol–water partition coefficient (Wildman–Crippen LogP) is 2.59. The number of amides is 1. The summed E-state index contributed by atoms with van der Waals surface area (Å²) in [6, 6.07) is 4.81. The highest BCUT2D eigenvalue weighted by Crippen LogP contribution is 2.26. The highest BCUT2D eigenvalue weighted by Gasteiger charge is 2.18. The van der Waals surface area contributed by atoms with Crippen LogP contribution in [0, 0.1) is 0 Å². The number of thioether (sulfide) groups is 1. The van der Waals surface area contributed by atoms with Gasteiger partial charge in [-0.2, -0.15) is 0 Å². The summed E-state index contributed by atoms with van der Waals surface area (Å²) in [6.45, 7) is 8.14. The van der Waals surface area contributed by atoms with E-state index in [1.165, 1.54) is 11.8 Å². The van der Waals surface area contributed by atoms with Crippen molar-refractivity contribution in [3.8, 4) is 0 Å². The number of hydrogen-bond donors (Lipinski definition) is 3. The van der Waals surface area contributed by atoms with E-state index in [0.29, 0.717) is 33.8 Å². The first-order chi connectivity index (χ1) is 14.1. The Morgan fingerprint density at radius 2 is 2.00 bits per heavy atom. The predicted molar refractivity (Wildman–Crippen MR) is 118 cm³/mol. The van der Waals surface area contributed by atoms with Crippen LogP contribution < -0.4 is 10.0 Å². The minimum Gasteiger partial charge on any atom is -0.351 e. The summed E-state index contributed by atoms with van der Waals surface area (Å²) in [4.78, 5) is 19.7. The van der Waals surface area contributed by atoms with Gasteiger partial charge in [0.25, 0.3) is 0 Å². The van der Waals surface area contributed by atoms with Gasteiger partial charge in [-0.1, -0.05) is 25.1 Å². The summed E-state index contributed by atoms with van der Waals surface area (Å²) in [5, 5.41) is 12.2. The number of sulfonamides is 1. The van der Waals surface area contributed by atoms with Crippen LogP contribution in [0.5, 0.6) is 0 Å². The van der Waals surface area contributed by atoms with Gasteiger partial charge in [0.15, 0.2) is 5.65 Å². The Morgan fingerprint density at radius 3 is 2.70 bits per heavy atom. The second-order valence-corrected chi connectivity index (χ2v) is 10.7. The van der Waals surface area contributed by atoms with Gasteiger partial charge >= 0.3 is 0 Å². The summed E-state index contributed by atoms with van der Waals surface area (Å²) in [5.41, 5.74) is 1.39. The van der Waals surface area contributed by atoms with E-state index in [2.05, 4.69) is 30.2 Å². The second kappa shape index (κ2) is 8.86. The fraction of sp³-hybridized carbons (Fsp3) is 0.474. The molecule has 2 aromatic heterocycles. The number of carbonyl (C=O) groups is 1. The fourth-order valence-electron chi connectivity index (χ4n) is 2.81. The van der Waals surface area contributed by atoms with Crippen molar-refractivity contribution in [1.29, 1.82) is 0 Å². The average Bonchev–Trinajstić information content (AvgIpc) is 3.02. The minimum atomic E-state index is -3.59. The van der Waals surface area contributed by atoms with Gasteiger partial charge in [0.1, 0.15) is 5.52 Å². The highest BCUT2D eigenvalue weighted by molar-refractivity contribution is 7.99. The second-order valence-electron chi connectivity index (χ2n) is 7.96. The van der Waals surface area contributed by atoms with Gasteiger partial charge < -0.3 is 10.3 Å². The van der Waals surface area contributed by atoms with Crippen LogP contribution in [-0.2, 0) is 14.8 Å². The van der Waals surface area contributed by atoms with E-state index < -0.39 is 10.0 Å². The third kappa shape index (κ3) is 5.46. The zero-order valence-electron chi connectivity index (χ0n) is 17.4. The van der Waals surface area contributed by atoms with Gasteiger partial charge in [-0.15, -0.1) is 10.2 Å². The van der Waals surface area contributed by atoms with Crippen molar-refractivity contribution in [2.75, 3.05) is 12.3 Å². The number of rotatable bonds is 8. The Morgan fingerprint density at radius 1 is 1.23 bits per heavy atom. The summed E-state index contributed by atoms with van der Waals surface area (Å²) < 4.78 is 27.6. The van der Waals surface area contributed by atoms with Crippen LogP contribution in [0.4, 0.5) is 0 Å². The molecular weight excluding hydrogens is 424 g/mol. The van der Waals surface area contributed by atoms with Crippen LogP contribution in [0.15, 0.2) is 28.3 Å². The van der Waals surface area contributed by atoms with E-state index in [1.54, 1.807) is 18.2 Å². The molecule has 1 aromatic carbocycles. The third-order valence-corrected chi connectivity index (χ3v) is 6.44. The van der Waals surface area contributed by atoms with Gasteiger partial charge in [-0.25, -0.2) is 18.1 Å². The lowest BCUT2D eigenvalue weighted by molar-refractivity contribution is -0.119. The van der Waals surface area contributed by atoms with E-state index >= 15 is 0 Å². The molecule has 0 bridgehead atoms. The van der Waals surface area contributed by atoms with Gasteiger partial charge in [0.05, 0.1) is 10.6 Å². The maximum atomic E-state index is 12.5. The van der Waals surface area contributed by atoms with Gasteiger partial charge in [-0.3, -0.25) is 4.79 Å². The van der Waals surface area contributed by atoms with Gasteiger partial charge in [-0.05, 0) is 45.4 Å². The molecule has 3 N–H and O–H groups in total. The highest BCUT2D eigenvalue weighted by atomic mass is 32.2. The zero-order valence-corrected chi connectivity index (χ0v) is 19.1. The molecule has 0 atom stereocenters. The Bertz CT molecular complexity index is 1170. The SMILES string of the molecule is CCCCNS(=O)(=O)c1ccc2[nH]c3nc(SCC(=O)NC(C)(C)C)nnc3c2c1. The molecule has 162 valence electrons. The number of nitrogens with one attached hydrogen (secondary N) is 3. The minimum absolute atomic E-state index is 0.113. The van der Waals surface area contributed by atoms with Crippen LogP contribution in [0.25, 0.3) is 22.1 Å². The van der Waals surface area contributed by atoms with E-state index in [9.17, 15) is 13.2 Å². The van der Waals surface area contributed by atoms with Crippen molar-refractivity contribution >= 4 is 49.8 Å². The van der Waals surface area contributed by atoms with Gasteiger partial charge in [0, 0.05) is 23.0 Å². The number of nitrogens with zero attached hydrogens (tertiary/aromatic N) is 3. The molecule has 3 aromatic rings. The molecular formula is C19H26N6O3S2. The van der Waals surface area contributed by atoms with Crippen LogP contribution in [0.2, 0.25) is 0 Å². The average molecular weight is 451 g/mol. The third-order valence-electron chi connectivity index (χ3n) is 4.15. The molecule has 0 spiro atoms. The molecule has 0 aliphatic carbocycles. The molecule has 9 nitrogen and oxygen atoms in total. The first-order valence-corrected chi connectivity index (χ1v) is 12.2. The van der Waals surface area contributed by atoms with Crippen LogP contribution in [0.1, 0.15) is 40.5 Å². The van der Waals surface area contributed by atoms with Crippen molar-refractivity contribution in [2.24, 2.45) is 0 Å². The lowest BCUT2D eigenvalue weighted by atomic mass is 10.1. The molecule has 0 unspecified atom stereocenters. The molecule has 1 amide bonds. The largest absolute Gasteiger partial charge is 0.351 e. The normalized spacial score (nSPS) is 12.5. The Balaban J connectivity index is 1.82. The van der Waals surface area contributed by atoms with E-state index in [0.717, 1.165) is 12.8 Å². The molecule has 0 fully saturated rings. The molecule has 2 heterocycles.